The number of ketones is 1. The van der Waals surface area contributed by atoms with Crippen molar-refractivity contribution in [3.63, 3.8) is 0 Å². The number of amides is 1. The maximum atomic E-state index is 11.4. The lowest BCUT2D eigenvalue weighted by Gasteiger charge is -2.09. The summed E-state index contributed by atoms with van der Waals surface area (Å²) in [6.45, 7) is 9.85. The Hall–Kier alpha value is -0.980. The highest BCUT2D eigenvalue weighted by molar-refractivity contribution is 5.82. The summed E-state index contributed by atoms with van der Waals surface area (Å²) in [5.41, 5.74) is 0. The molecular formula is C15H29NO5. The van der Waals surface area contributed by atoms with Gasteiger partial charge in [-0.1, -0.05) is 13.8 Å². The Balaban J connectivity index is 3.32. The van der Waals surface area contributed by atoms with Gasteiger partial charge in [0.2, 0.25) is 5.91 Å². The Bertz CT molecular complexity index is 292. The second-order valence-corrected chi connectivity index (χ2v) is 5.31. The first-order valence-corrected chi connectivity index (χ1v) is 7.50. The fraction of sp³-hybridized carbons (Fsp3) is 0.867. The molecule has 0 spiro atoms. The lowest BCUT2D eigenvalue weighted by Crippen LogP contribution is -2.30. The molecule has 0 saturated heterocycles. The quantitative estimate of drug-likeness (QED) is 0.517. The van der Waals surface area contributed by atoms with Crippen LogP contribution in [0.2, 0.25) is 0 Å². The number of carbonyl (C=O) groups excluding carboxylic acids is 2. The number of nitrogens with one attached hydrogen (secondary N) is 1. The van der Waals surface area contributed by atoms with Crippen molar-refractivity contribution >= 4 is 11.7 Å². The fourth-order valence-electron chi connectivity index (χ4n) is 1.39. The predicted octanol–water partition coefficient (Wildman–Crippen LogP) is 1.18. The summed E-state index contributed by atoms with van der Waals surface area (Å²) in [5, 5.41) is 2.65. The van der Waals surface area contributed by atoms with Crippen molar-refractivity contribution in [3.05, 3.63) is 0 Å². The first-order valence-electron chi connectivity index (χ1n) is 7.50. The molecule has 0 aromatic rings. The van der Waals surface area contributed by atoms with Gasteiger partial charge in [-0.15, -0.1) is 0 Å². The van der Waals surface area contributed by atoms with E-state index in [9.17, 15) is 9.59 Å². The van der Waals surface area contributed by atoms with Crippen LogP contribution >= 0.6 is 0 Å². The topological polar surface area (TPSA) is 73.9 Å². The van der Waals surface area contributed by atoms with Crippen molar-refractivity contribution in [3.8, 4) is 0 Å². The number of hydrogen-bond acceptors (Lipinski definition) is 5. The van der Waals surface area contributed by atoms with Crippen molar-refractivity contribution in [2.75, 3.05) is 39.6 Å². The molecule has 21 heavy (non-hydrogen) atoms. The summed E-state index contributed by atoms with van der Waals surface area (Å²) in [5.74, 6) is -0.0575. The second kappa shape index (κ2) is 12.7. The predicted molar refractivity (Wildman–Crippen MR) is 80.2 cm³/mol. The Kier molecular flexibility index (Phi) is 12.1. The molecule has 0 unspecified atom stereocenters. The van der Waals surface area contributed by atoms with Crippen molar-refractivity contribution in [2.45, 2.75) is 40.2 Å². The molecule has 0 aromatic carbocycles. The first-order chi connectivity index (χ1) is 9.93. The van der Waals surface area contributed by atoms with E-state index < -0.39 is 0 Å². The van der Waals surface area contributed by atoms with E-state index in [-0.39, 0.29) is 30.3 Å². The Morgan fingerprint density at radius 1 is 0.952 bits per heavy atom. The van der Waals surface area contributed by atoms with Gasteiger partial charge in [-0.25, -0.2) is 0 Å². The van der Waals surface area contributed by atoms with Gasteiger partial charge in [0.15, 0.2) is 0 Å². The third-order valence-corrected chi connectivity index (χ3v) is 2.62. The van der Waals surface area contributed by atoms with Crippen LogP contribution in [0.5, 0.6) is 0 Å². The monoisotopic (exact) mass is 303 g/mol. The summed E-state index contributed by atoms with van der Waals surface area (Å²) in [7, 11) is 0. The molecule has 0 atom stereocenters. The van der Waals surface area contributed by atoms with Gasteiger partial charge in [-0.2, -0.15) is 0 Å². The lowest BCUT2D eigenvalue weighted by atomic mass is 10.1. The molecule has 0 aliphatic carbocycles. The van der Waals surface area contributed by atoms with Crippen LogP contribution in [0.25, 0.3) is 0 Å². The third-order valence-electron chi connectivity index (χ3n) is 2.62. The average Bonchev–Trinajstić information content (AvgIpc) is 2.41. The molecular weight excluding hydrogens is 274 g/mol. The van der Waals surface area contributed by atoms with E-state index in [1.165, 1.54) is 0 Å². The standard InChI is InChI=1S/C15H29NO5/c1-12(2)14(17)5-6-16-15(18)11-20-8-7-19-9-10-21-13(3)4/h12-13H,5-11H2,1-4H3,(H,16,18). The summed E-state index contributed by atoms with van der Waals surface area (Å²) >= 11 is 0. The molecule has 1 amide bonds. The van der Waals surface area contributed by atoms with Crippen LogP contribution in [0, 0.1) is 5.92 Å². The smallest absolute Gasteiger partial charge is 0.246 e. The van der Waals surface area contributed by atoms with Gasteiger partial charge in [0, 0.05) is 18.9 Å². The number of carbonyl (C=O) groups is 2. The molecule has 0 aliphatic rings. The molecule has 0 aliphatic heterocycles. The van der Waals surface area contributed by atoms with Crippen LogP contribution < -0.4 is 5.32 Å². The minimum Gasteiger partial charge on any atom is -0.377 e. The first kappa shape index (κ1) is 20.0. The fourth-order valence-corrected chi connectivity index (χ4v) is 1.39. The van der Waals surface area contributed by atoms with E-state index in [0.29, 0.717) is 39.4 Å². The summed E-state index contributed by atoms with van der Waals surface area (Å²) < 4.78 is 15.8. The average molecular weight is 303 g/mol. The van der Waals surface area contributed by atoms with Crippen molar-refractivity contribution in [1.82, 2.24) is 5.32 Å². The molecule has 0 aromatic heterocycles. The van der Waals surface area contributed by atoms with Gasteiger partial charge in [0.1, 0.15) is 12.4 Å². The number of ether oxygens (including phenoxy) is 3. The normalized spacial score (nSPS) is 11.1. The second-order valence-electron chi connectivity index (χ2n) is 5.31. The van der Waals surface area contributed by atoms with E-state index in [4.69, 9.17) is 14.2 Å². The van der Waals surface area contributed by atoms with Gasteiger partial charge in [0.25, 0.3) is 0 Å². The van der Waals surface area contributed by atoms with Gasteiger partial charge < -0.3 is 19.5 Å². The number of rotatable bonds is 13. The molecule has 6 heteroatoms. The highest BCUT2D eigenvalue weighted by Gasteiger charge is 2.07. The zero-order valence-corrected chi connectivity index (χ0v) is 13.6. The van der Waals surface area contributed by atoms with Crippen molar-refractivity contribution in [1.29, 1.82) is 0 Å². The number of hydrogen-bond donors (Lipinski definition) is 1. The molecule has 0 rings (SSSR count). The van der Waals surface area contributed by atoms with Crippen LogP contribution in [0.3, 0.4) is 0 Å². The molecule has 124 valence electrons. The summed E-state index contributed by atoms with van der Waals surface area (Å²) in [6, 6.07) is 0. The van der Waals surface area contributed by atoms with E-state index in [1.807, 2.05) is 27.7 Å². The summed E-state index contributed by atoms with van der Waals surface area (Å²) in [6.07, 6.45) is 0.568. The Morgan fingerprint density at radius 3 is 2.19 bits per heavy atom. The van der Waals surface area contributed by atoms with Crippen LogP contribution in [-0.2, 0) is 23.8 Å². The highest BCUT2D eigenvalue weighted by atomic mass is 16.5. The van der Waals surface area contributed by atoms with Crippen LogP contribution in [0.15, 0.2) is 0 Å². The maximum Gasteiger partial charge on any atom is 0.246 e. The zero-order valence-electron chi connectivity index (χ0n) is 13.6. The van der Waals surface area contributed by atoms with Gasteiger partial charge in [0.05, 0.1) is 32.5 Å². The molecule has 0 heterocycles. The van der Waals surface area contributed by atoms with Gasteiger partial charge in [-0.3, -0.25) is 9.59 Å². The lowest BCUT2D eigenvalue weighted by molar-refractivity contribution is -0.126. The van der Waals surface area contributed by atoms with Crippen LogP contribution in [0.1, 0.15) is 34.1 Å². The van der Waals surface area contributed by atoms with E-state index in [0.717, 1.165) is 0 Å². The zero-order chi connectivity index (χ0) is 16.1. The number of Topliss-reactive ketones (excluding diaryl/α,β-unsaturated/α-hetero) is 1. The molecule has 0 fully saturated rings. The van der Waals surface area contributed by atoms with Gasteiger partial charge >= 0.3 is 0 Å². The Labute approximate surface area is 127 Å². The van der Waals surface area contributed by atoms with E-state index in [1.54, 1.807) is 0 Å². The van der Waals surface area contributed by atoms with Crippen LogP contribution in [0.4, 0.5) is 0 Å². The van der Waals surface area contributed by atoms with E-state index >= 15 is 0 Å². The third kappa shape index (κ3) is 13.7. The van der Waals surface area contributed by atoms with Crippen molar-refractivity contribution in [2.24, 2.45) is 5.92 Å². The molecule has 1 N–H and O–H groups in total. The molecule has 0 radical (unpaired) electrons. The molecule has 0 saturated carbocycles. The largest absolute Gasteiger partial charge is 0.377 e. The maximum absolute atomic E-state index is 11.4. The summed E-state index contributed by atoms with van der Waals surface area (Å²) in [4.78, 5) is 22.7. The Morgan fingerprint density at radius 2 is 1.57 bits per heavy atom. The molecule has 0 bridgehead atoms. The molecule has 6 nitrogen and oxygen atoms in total. The van der Waals surface area contributed by atoms with Crippen LogP contribution in [-0.4, -0.2) is 57.4 Å². The highest BCUT2D eigenvalue weighted by Crippen LogP contribution is 1.97. The van der Waals surface area contributed by atoms with E-state index in [2.05, 4.69) is 5.32 Å². The van der Waals surface area contributed by atoms with Gasteiger partial charge in [-0.05, 0) is 13.8 Å². The van der Waals surface area contributed by atoms with Crippen molar-refractivity contribution < 1.29 is 23.8 Å². The SMILES string of the molecule is CC(C)OCCOCCOCC(=O)NCCC(=O)C(C)C. The minimum atomic E-state index is -0.213. The minimum absolute atomic E-state index is 0.00924.